The number of aliphatic hydroxyl groups is 1. The van der Waals surface area contributed by atoms with Crippen LogP contribution in [0.3, 0.4) is 0 Å². The zero-order chi connectivity index (χ0) is 19.2. The molecule has 1 N–H and O–H groups in total. The van der Waals surface area contributed by atoms with Crippen molar-refractivity contribution in [2.75, 3.05) is 4.90 Å². The van der Waals surface area contributed by atoms with Crippen LogP contribution in [0.5, 0.6) is 0 Å². The van der Waals surface area contributed by atoms with Gasteiger partial charge in [-0.3, -0.25) is 14.5 Å². The second-order valence-corrected chi connectivity index (χ2v) is 7.03. The molecule has 0 fully saturated rings. The maximum Gasteiger partial charge on any atom is 0.294 e. The lowest BCUT2D eigenvalue weighted by atomic mass is 9.83. The molecule has 0 aliphatic carbocycles. The number of hydrogen-bond donors (Lipinski definition) is 1. The number of furan rings is 1. The zero-order valence-corrected chi connectivity index (χ0v) is 14.4. The molecule has 2 aromatic rings. The van der Waals surface area contributed by atoms with E-state index in [1.54, 1.807) is 26.8 Å². The van der Waals surface area contributed by atoms with Crippen LogP contribution >= 0.6 is 0 Å². The van der Waals surface area contributed by atoms with Gasteiger partial charge >= 0.3 is 0 Å². The molecule has 7 heteroatoms. The molecular formula is C19H17F2NO4. The predicted molar refractivity (Wildman–Crippen MR) is 89.4 cm³/mol. The number of carbonyl (C=O) groups is 2. The average molecular weight is 361 g/mol. The van der Waals surface area contributed by atoms with E-state index in [0.717, 1.165) is 17.0 Å². The minimum atomic E-state index is -1.15. The number of nitrogens with zero attached hydrogens (tertiary/aromatic N) is 1. The van der Waals surface area contributed by atoms with E-state index in [2.05, 4.69) is 0 Å². The number of rotatable bonds is 3. The zero-order valence-electron chi connectivity index (χ0n) is 14.4. The Labute approximate surface area is 148 Å². The maximum absolute atomic E-state index is 14.3. The minimum Gasteiger partial charge on any atom is -0.503 e. The topological polar surface area (TPSA) is 70.8 Å². The van der Waals surface area contributed by atoms with Crippen molar-refractivity contribution in [3.8, 4) is 0 Å². The van der Waals surface area contributed by atoms with Crippen LogP contribution in [-0.4, -0.2) is 16.8 Å². The van der Waals surface area contributed by atoms with E-state index in [-0.39, 0.29) is 17.0 Å². The van der Waals surface area contributed by atoms with E-state index in [0.29, 0.717) is 6.07 Å². The largest absolute Gasteiger partial charge is 0.503 e. The third-order valence-electron chi connectivity index (χ3n) is 4.12. The highest BCUT2D eigenvalue weighted by molar-refractivity contribution is 6.17. The second-order valence-electron chi connectivity index (χ2n) is 7.03. The molecule has 0 saturated carbocycles. The van der Waals surface area contributed by atoms with Crippen LogP contribution in [0, 0.1) is 17.0 Å². The van der Waals surface area contributed by atoms with Gasteiger partial charge in [0.25, 0.3) is 5.91 Å². The van der Waals surface area contributed by atoms with Gasteiger partial charge in [-0.2, -0.15) is 0 Å². The lowest BCUT2D eigenvalue weighted by molar-refractivity contribution is -0.123. The van der Waals surface area contributed by atoms with E-state index >= 15 is 0 Å². The van der Waals surface area contributed by atoms with Crippen LogP contribution in [-0.2, 0) is 9.59 Å². The number of hydrogen-bond acceptors (Lipinski definition) is 4. The lowest BCUT2D eigenvalue weighted by Gasteiger charge is -2.27. The Bertz CT molecular complexity index is 910. The Kier molecular flexibility index (Phi) is 4.18. The lowest BCUT2D eigenvalue weighted by Crippen LogP contribution is -2.33. The molecule has 5 nitrogen and oxygen atoms in total. The Morgan fingerprint density at radius 3 is 2.46 bits per heavy atom. The molecule has 1 aliphatic heterocycles. The van der Waals surface area contributed by atoms with Gasteiger partial charge in [0.1, 0.15) is 23.4 Å². The quantitative estimate of drug-likeness (QED) is 0.894. The number of halogens is 2. The fourth-order valence-corrected chi connectivity index (χ4v) is 2.88. The van der Waals surface area contributed by atoms with Gasteiger partial charge < -0.3 is 9.52 Å². The van der Waals surface area contributed by atoms with Crippen LogP contribution in [0.1, 0.15) is 32.6 Å². The Morgan fingerprint density at radius 1 is 1.23 bits per heavy atom. The predicted octanol–water partition coefficient (Wildman–Crippen LogP) is 4.07. The van der Waals surface area contributed by atoms with Gasteiger partial charge in [0, 0.05) is 11.5 Å². The number of amides is 1. The van der Waals surface area contributed by atoms with E-state index in [4.69, 9.17) is 4.42 Å². The molecule has 1 atom stereocenters. The molecule has 1 aliphatic rings. The molecule has 0 spiro atoms. The first-order valence-corrected chi connectivity index (χ1v) is 7.93. The van der Waals surface area contributed by atoms with Gasteiger partial charge in [-0.25, -0.2) is 8.78 Å². The summed E-state index contributed by atoms with van der Waals surface area (Å²) in [5.41, 5.74) is -1.34. The smallest absolute Gasteiger partial charge is 0.294 e. The molecule has 3 rings (SSSR count). The van der Waals surface area contributed by atoms with Crippen molar-refractivity contribution in [1.82, 2.24) is 0 Å². The summed E-state index contributed by atoms with van der Waals surface area (Å²) in [5.74, 6) is -3.82. The summed E-state index contributed by atoms with van der Waals surface area (Å²) in [5, 5.41) is 10.4. The van der Waals surface area contributed by atoms with Crippen LogP contribution in [0.2, 0.25) is 0 Å². The summed E-state index contributed by atoms with van der Waals surface area (Å²) in [6, 6.07) is 4.61. The average Bonchev–Trinajstić information content (AvgIpc) is 3.15. The van der Waals surface area contributed by atoms with Crippen molar-refractivity contribution in [2.45, 2.75) is 26.8 Å². The third kappa shape index (κ3) is 2.79. The second kappa shape index (κ2) is 6.09. The summed E-state index contributed by atoms with van der Waals surface area (Å²) in [6.07, 6.45) is 1.34. The van der Waals surface area contributed by atoms with Crippen molar-refractivity contribution >= 4 is 17.4 Å². The maximum atomic E-state index is 14.3. The highest BCUT2D eigenvalue weighted by Crippen LogP contribution is 2.44. The fraction of sp³-hybridized carbons (Fsp3) is 0.263. The van der Waals surface area contributed by atoms with Crippen molar-refractivity contribution in [1.29, 1.82) is 0 Å². The molecule has 1 unspecified atom stereocenters. The molecule has 2 heterocycles. The van der Waals surface area contributed by atoms with Crippen LogP contribution < -0.4 is 4.90 Å². The number of ketones is 1. The van der Waals surface area contributed by atoms with Crippen molar-refractivity contribution in [3.05, 3.63) is 65.3 Å². The molecule has 1 amide bonds. The Balaban J connectivity index is 2.20. The molecule has 1 aromatic carbocycles. The summed E-state index contributed by atoms with van der Waals surface area (Å²) in [7, 11) is 0. The van der Waals surface area contributed by atoms with Gasteiger partial charge in [-0.15, -0.1) is 0 Å². The van der Waals surface area contributed by atoms with Gasteiger partial charge in [0.15, 0.2) is 11.5 Å². The van der Waals surface area contributed by atoms with Gasteiger partial charge in [0.2, 0.25) is 0 Å². The van der Waals surface area contributed by atoms with Crippen molar-refractivity contribution < 1.29 is 27.9 Å². The number of anilines is 1. The molecule has 0 radical (unpaired) electrons. The molecule has 0 bridgehead atoms. The molecular weight excluding hydrogens is 344 g/mol. The number of carbonyl (C=O) groups excluding carboxylic acids is 2. The minimum absolute atomic E-state index is 0.179. The molecule has 26 heavy (non-hydrogen) atoms. The highest BCUT2D eigenvalue weighted by atomic mass is 19.1. The summed E-state index contributed by atoms with van der Waals surface area (Å²) in [6.45, 7) is 4.92. The first-order chi connectivity index (χ1) is 12.1. The monoisotopic (exact) mass is 361 g/mol. The van der Waals surface area contributed by atoms with Gasteiger partial charge in [-0.05, 0) is 24.3 Å². The van der Waals surface area contributed by atoms with E-state index in [1.807, 2.05) is 0 Å². The fourth-order valence-electron chi connectivity index (χ4n) is 2.88. The highest BCUT2D eigenvalue weighted by Gasteiger charge is 2.48. The Hall–Kier alpha value is -2.96. The van der Waals surface area contributed by atoms with E-state index < -0.39 is 40.5 Å². The van der Waals surface area contributed by atoms with E-state index in [9.17, 15) is 23.5 Å². The first kappa shape index (κ1) is 17.8. The van der Waals surface area contributed by atoms with Crippen LogP contribution in [0.25, 0.3) is 0 Å². The van der Waals surface area contributed by atoms with Crippen molar-refractivity contribution in [3.63, 3.8) is 0 Å². The molecule has 136 valence electrons. The van der Waals surface area contributed by atoms with Gasteiger partial charge in [-0.1, -0.05) is 20.8 Å². The van der Waals surface area contributed by atoms with Gasteiger partial charge in [0.05, 0.1) is 17.5 Å². The normalized spacial score (nSPS) is 18.0. The summed E-state index contributed by atoms with van der Waals surface area (Å²) >= 11 is 0. The first-order valence-electron chi connectivity index (χ1n) is 7.93. The van der Waals surface area contributed by atoms with E-state index in [1.165, 1.54) is 12.3 Å². The SMILES string of the molecule is CC(C)(C)C(=O)C1=C(O)C(=O)N(c2ccc(F)cc2F)C1c1ccco1. The number of aliphatic hydroxyl groups excluding tert-OH is 1. The standard InChI is InChI=1S/C19H17F2NO4/c1-19(2,3)17(24)14-15(13-5-4-8-26-13)22(18(25)16(14)23)12-7-6-10(20)9-11(12)21/h4-9,15,23H,1-3H3. The summed E-state index contributed by atoms with van der Waals surface area (Å²) < 4.78 is 32.9. The number of Topliss-reactive ketones (excluding diaryl/α,β-unsaturated/α-hetero) is 1. The van der Waals surface area contributed by atoms with Crippen LogP contribution in [0.15, 0.2) is 52.3 Å². The van der Waals surface area contributed by atoms with Crippen LogP contribution in [0.4, 0.5) is 14.5 Å². The molecule has 0 saturated heterocycles. The summed E-state index contributed by atoms with van der Waals surface area (Å²) in [4.78, 5) is 26.4. The molecule has 1 aromatic heterocycles. The number of benzene rings is 1. The third-order valence-corrected chi connectivity index (χ3v) is 4.12. The van der Waals surface area contributed by atoms with Crippen molar-refractivity contribution in [2.24, 2.45) is 5.41 Å². The Morgan fingerprint density at radius 2 is 1.92 bits per heavy atom.